The Balaban J connectivity index is 3.30. The lowest BCUT2D eigenvalue weighted by Gasteiger charge is -2.25. The summed E-state index contributed by atoms with van der Waals surface area (Å²) in [4.78, 5) is 12.3. The Morgan fingerprint density at radius 1 is 1.16 bits per heavy atom. The third kappa shape index (κ3) is 5.28. The number of nitrogens with one attached hydrogen (secondary N) is 1. The van der Waals surface area contributed by atoms with Crippen molar-refractivity contribution in [2.24, 2.45) is 0 Å². The lowest BCUT2D eigenvalue weighted by molar-refractivity contribution is -0.121. The monoisotopic (exact) mass is 368 g/mol. The normalized spacial score (nSPS) is 12.7. The molecule has 0 unspecified atom stereocenters. The Labute approximate surface area is 152 Å². The number of carbonyl (C=O) groups excluding carboxylic acids is 1. The fourth-order valence-electron chi connectivity index (χ4n) is 2.81. The van der Waals surface area contributed by atoms with Gasteiger partial charge in [0.15, 0.2) is 0 Å². The minimum atomic E-state index is -3.73. The first-order valence-corrected chi connectivity index (χ1v) is 10.2. The Kier molecular flexibility index (Phi) is 6.81. The van der Waals surface area contributed by atoms with Crippen LogP contribution in [0.15, 0.2) is 17.0 Å². The SMILES string of the molecule is CCN(CC(=O)NC(C)C)S(=O)(=O)c1c(C)cc(C(C)(C)C)cc1C. The molecule has 0 atom stereocenters. The van der Waals surface area contributed by atoms with E-state index >= 15 is 0 Å². The molecule has 0 aliphatic carbocycles. The van der Waals surface area contributed by atoms with Crippen molar-refractivity contribution in [3.8, 4) is 0 Å². The Hall–Kier alpha value is -1.40. The van der Waals surface area contributed by atoms with Crippen molar-refractivity contribution in [1.29, 1.82) is 0 Å². The molecule has 1 aromatic carbocycles. The molecule has 0 spiro atoms. The summed E-state index contributed by atoms with van der Waals surface area (Å²) in [6, 6.07) is 3.84. The highest BCUT2D eigenvalue weighted by molar-refractivity contribution is 7.89. The quantitative estimate of drug-likeness (QED) is 0.839. The average molecular weight is 369 g/mol. The van der Waals surface area contributed by atoms with Gasteiger partial charge in [-0.3, -0.25) is 4.79 Å². The van der Waals surface area contributed by atoms with Gasteiger partial charge >= 0.3 is 0 Å². The van der Waals surface area contributed by atoms with E-state index in [2.05, 4.69) is 26.1 Å². The van der Waals surface area contributed by atoms with Crippen molar-refractivity contribution in [3.05, 3.63) is 28.8 Å². The van der Waals surface area contributed by atoms with E-state index in [0.717, 1.165) is 5.56 Å². The smallest absolute Gasteiger partial charge is 0.244 e. The second-order valence-electron chi connectivity index (χ2n) is 7.84. The first-order valence-electron chi connectivity index (χ1n) is 8.72. The Morgan fingerprint density at radius 3 is 2.00 bits per heavy atom. The van der Waals surface area contributed by atoms with E-state index in [1.54, 1.807) is 6.92 Å². The Bertz CT molecular complexity index is 709. The van der Waals surface area contributed by atoms with Crippen LogP contribution in [0.25, 0.3) is 0 Å². The second kappa shape index (κ2) is 7.87. The highest BCUT2D eigenvalue weighted by Crippen LogP contribution is 2.30. The number of sulfonamides is 1. The molecular formula is C19H32N2O3S. The van der Waals surface area contributed by atoms with Crippen LogP contribution in [0.2, 0.25) is 0 Å². The summed E-state index contributed by atoms with van der Waals surface area (Å²) in [5.41, 5.74) is 2.47. The van der Waals surface area contributed by atoms with Gasteiger partial charge in [0, 0.05) is 12.6 Å². The summed E-state index contributed by atoms with van der Waals surface area (Å²) >= 11 is 0. The number of aryl methyl sites for hydroxylation is 2. The van der Waals surface area contributed by atoms with Gasteiger partial charge in [-0.05, 0) is 49.8 Å². The van der Waals surface area contributed by atoms with Crippen LogP contribution in [0.1, 0.15) is 58.2 Å². The van der Waals surface area contributed by atoms with Crippen molar-refractivity contribution >= 4 is 15.9 Å². The first-order chi connectivity index (χ1) is 11.3. The molecular weight excluding hydrogens is 336 g/mol. The molecule has 6 heteroatoms. The third-order valence-electron chi connectivity index (χ3n) is 4.05. The van der Waals surface area contributed by atoms with E-state index in [1.807, 2.05) is 39.8 Å². The van der Waals surface area contributed by atoms with Gasteiger partial charge in [0.05, 0.1) is 11.4 Å². The van der Waals surface area contributed by atoms with Crippen LogP contribution >= 0.6 is 0 Å². The molecule has 0 aliphatic rings. The predicted molar refractivity (Wildman–Crippen MR) is 102 cm³/mol. The summed E-state index contributed by atoms with van der Waals surface area (Å²) in [7, 11) is -3.73. The molecule has 1 rings (SSSR count). The number of hydrogen-bond donors (Lipinski definition) is 1. The van der Waals surface area contributed by atoms with Crippen LogP contribution in [0, 0.1) is 13.8 Å². The van der Waals surface area contributed by atoms with Gasteiger partial charge in [-0.15, -0.1) is 0 Å². The van der Waals surface area contributed by atoms with Crippen LogP contribution in [0.3, 0.4) is 0 Å². The number of rotatable bonds is 6. The topological polar surface area (TPSA) is 66.5 Å². The molecule has 25 heavy (non-hydrogen) atoms. The number of nitrogens with zero attached hydrogens (tertiary/aromatic N) is 1. The van der Waals surface area contributed by atoms with Crippen molar-refractivity contribution in [3.63, 3.8) is 0 Å². The van der Waals surface area contributed by atoms with E-state index in [-0.39, 0.29) is 30.5 Å². The predicted octanol–water partition coefficient (Wildman–Crippen LogP) is 3.14. The van der Waals surface area contributed by atoms with E-state index in [4.69, 9.17) is 0 Å². The van der Waals surface area contributed by atoms with Gasteiger partial charge < -0.3 is 5.32 Å². The second-order valence-corrected chi connectivity index (χ2v) is 9.72. The fraction of sp³-hybridized carbons (Fsp3) is 0.632. The molecule has 5 nitrogen and oxygen atoms in total. The number of likely N-dealkylation sites (N-methyl/N-ethyl adjacent to an activating group) is 1. The van der Waals surface area contributed by atoms with Crippen molar-refractivity contribution in [1.82, 2.24) is 9.62 Å². The highest BCUT2D eigenvalue weighted by Gasteiger charge is 2.29. The zero-order valence-electron chi connectivity index (χ0n) is 16.7. The third-order valence-corrected chi connectivity index (χ3v) is 6.27. The molecule has 1 N–H and O–H groups in total. The highest BCUT2D eigenvalue weighted by atomic mass is 32.2. The van der Waals surface area contributed by atoms with Crippen LogP contribution in [0.5, 0.6) is 0 Å². The Morgan fingerprint density at radius 2 is 1.64 bits per heavy atom. The minimum Gasteiger partial charge on any atom is -0.353 e. The summed E-state index contributed by atoms with van der Waals surface area (Å²) in [6.45, 7) is 15.5. The first kappa shape index (κ1) is 21.6. The summed E-state index contributed by atoms with van der Waals surface area (Å²) < 4.78 is 27.5. The van der Waals surface area contributed by atoms with E-state index in [1.165, 1.54) is 4.31 Å². The minimum absolute atomic E-state index is 0.0246. The van der Waals surface area contributed by atoms with E-state index < -0.39 is 10.0 Å². The maximum absolute atomic E-state index is 13.1. The summed E-state index contributed by atoms with van der Waals surface area (Å²) in [6.07, 6.45) is 0. The van der Waals surface area contributed by atoms with E-state index in [9.17, 15) is 13.2 Å². The molecule has 0 aliphatic heterocycles. The maximum Gasteiger partial charge on any atom is 0.244 e. The molecule has 1 aromatic rings. The van der Waals surface area contributed by atoms with Gasteiger partial charge in [0.1, 0.15) is 0 Å². The van der Waals surface area contributed by atoms with Gasteiger partial charge in [-0.2, -0.15) is 4.31 Å². The molecule has 0 bridgehead atoms. The average Bonchev–Trinajstić information content (AvgIpc) is 2.41. The standard InChI is InChI=1S/C19H32N2O3S/c1-9-21(12-17(22)20-13(2)3)25(23,24)18-14(4)10-16(11-15(18)5)19(6,7)8/h10-11,13H,9,12H2,1-8H3,(H,20,22). The maximum atomic E-state index is 13.1. The van der Waals surface area contributed by atoms with Gasteiger partial charge in [0.2, 0.25) is 15.9 Å². The number of benzene rings is 1. The fourth-order valence-corrected chi connectivity index (χ4v) is 4.63. The summed E-state index contributed by atoms with van der Waals surface area (Å²) in [5, 5.41) is 2.74. The van der Waals surface area contributed by atoms with Crippen molar-refractivity contribution in [2.45, 2.75) is 71.7 Å². The molecule has 0 heterocycles. The van der Waals surface area contributed by atoms with E-state index in [0.29, 0.717) is 16.0 Å². The molecule has 0 saturated heterocycles. The van der Waals surface area contributed by atoms with Crippen LogP contribution < -0.4 is 5.32 Å². The van der Waals surface area contributed by atoms with Gasteiger partial charge in [-0.1, -0.05) is 39.8 Å². The largest absolute Gasteiger partial charge is 0.353 e. The van der Waals surface area contributed by atoms with Crippen LogP contribution in [-0.4, -0.2) is 37.8 Å². The molecule has 0 aromatic heterocycles. The van der Waals surface area contributed by atoms with Crippen LogP contribution in [-0.2, 0) is 20.2 Å². The molecule has 0 radical (unpaired) electrons. The summed E-state index contributed by atoms with van der Waals surface area (Å²) in [5.74, 6) is -0.290. The zero-order chi connectivity index (χ0) is 19.6. The number of hydrogen-bond acceptors (Lipinski definition) is 3. The lowest BCUT2D eigenvalue weighted by Crippen LogP contribution is -2.42. The number of amides is 1. The zero-order valence-corrected chi connectivity index (χ0v) is 17.5. The molecule has 0 saturated carbocycles. The van der Waals surface area contributed by atoms with Crippen molar-refractivity contribution in [2.75, 3.05) is 13.1 Å². The van der Waals surface area contributed by atoms with Crippen molar-refractivity contribution < 1.29 is 13.2 Å². The van der Waals surface area contributed by atoms with Gasteiger partial charge in [-0.25, -0.2) is 8.42 Å². The van der Waals surface area contributed by atoms with Gasteiger partial charge in [0.25, 0.3) is 0 Å². The molecule has 1 amide bonds. The molecule has 0 fully saturated rings. The van der Waals surface area contributed by atoms with Crippen LogP contribution in [0.4, 0.5) is 0 Å². The number of carbonyl (C=O) groups is 1. The molecule has 142 valence electrons. The lowest BCUT2D eigenvalue weighted by atomic mass is 9.85.